The van der Waals surface area contributed by atoms with Gasteiger partial charge in [-0.15, -0.1) is 0 Å². The summed E-state index contributed by atoms with van der Waals surface area (Å²) in [6.07, 6.45) is 1.86. The van der Waals surface area contributed by atoms with E-state index in [0.717, 1.165) is 16.7 Å². The number of ketones is 1. The first kappa shape index (κ1) is 21.5. The maximum Gasteiger partial charge on any atom is 0.302 e. The van der Waals surface area contributed by atoms with Crippen molar-refractivity contribution in [2.24, 2.45) is 11.8 Å². The quantitative estimate of drug-likeness (QED) is 0.507. The second kappa shape index (κ2) is 10.5. The number of hydrogen-bond acceptors (Lipinski definition) is 4. The fourth-order valence-electron chi connectivity index (χ4n) is 2.95. The second-order valence-electron chi connectivity index (χ2n) is 6.56. The number of Topliss-reactive ketones (excluding diaryl/α,β-unsaturated/α-hetero) is 1. The van der Waals surface area contributed by atoms with Crippen molar-refractivity contribution < 1.29 is 23.1 Å². The Morgan fingerprint density at radius 1 is 1.28 bits per heavy atom. The predicted molar refractivity (Wildman–Crippen MR) is 98.8 cm³/mol. The van der Waals surface area contributed by atoms with Gasteiger partial charge in [0.15, 0.2) is 11.1 Å². The molecule has 1 aromatic carbocycles. The molecule has 0 spiro atoms. The maximum atomic E-state index is 12.0. The van der Waals surface area contributed by atoms with Crippen LogP contribution in [0.4, 0.5) is 0 Å². The van der Waals surface area contributed by atoms with Gasteiger partial charge in [-0.3, -0.25) is 9.59 Å². The lowest BCUT2D eigenvalue weighted by atomic mass is 9.83. The van der Waals surface area contributed by atoms with Crippen LogP contribution in [-0.2, 0) is 38.2 Å². The van der Waals surface area contributed by atoms with E-state index in [0.29, 0.717) is 25.9 Å². The molecule has 0 saturated carbocycles. The average Bonchev–Trinajstić information content (AvgIpc) is 2.50. The van der Waals surface area contributed by atoms with Crippen molar-refractivity contribution in [2.45, 2.75) is 47.0 Å². The number of esters is 1. The SMILES string of the molecule is CC(=O)OCCC(C)C(Cc1ccc(CCS(=O)O)c(C)c1)C(C)=O. The van der Waals surface area contributed by atoms with Crippen molar-refractivity contribution >= 4 is 22.8 Å². The van der Waals surface area contributed by atoms with E-state index in [2.05, 4.69) is 0 Å². The number of carbonyl (C=O) groups excluding carboxylic acids is 2. The smallest absolute Gasteiger partial charge is 0.302 e. The molecule has 6 heteroatoms. The molecule has 0 bridgehead atoms. The molecule has 0 amide bonds. The summed E-state index contributed by atoms with van der Waals surface area (Å²) in [5.41, 5.74) is 3.19. The third-order valence-corrected chi connectivity index (χ3v) is 5.05. The monoisotopic (exact) mass is 368 g/mol. The lowest BCUT2D eigenvalue weighted by molar-refractivity contribution is -0.141. The van der Waals surface area contributed by atoms with E-state index in [4.69, 9.17) is 9.29 Å². The zero-order valence-electron chi connectivity index (χ0n) is 15.4. The Hall–Kier alpha value is -1.53. The molecule has 0 radical (unpaired) electrons. The Morgan fingerprint density at radius 3 is 2.48 bits per heavy atom. The number of benzene rings is 1. The minimum Gasteiger partial charge on any atom is -0.466 e. The molecule has 25 heavy (non-hydrogen) atoms. The molecular formula is C19H28O5S. The zero-order chi connectivity index (χ0) is 19.0. The number of ether oxygens (including phenoxy) is 1. The molecule has 1 rings (SSSR count). The molecule has 3 atom stereocenters. The van der Waals surface area contributed by atoms with Gasteiger partial charge in [0, 0.05) is 12.8 Å². The highest BCUT2D eigenvalue weighted by Gasteiger charge is 2.22. The molecule has 0 aliphatic carbocycles. The number of carbonyl (C=O) groups is 2. The van der Waals surface area contributed by atoms with E-state index in [-0.39, 0.29) is 29.3 Å². The standard InChI is InChI=1S/C19H28O5S/c1-13(7-9-24-16(4)21)19(15(3)20)12-17-5-6-18(14(2)11-17)8-10-25(22)23/h5-6,11,13,19H,7-10,12H2,1-4H3,(H,22,23). The Balaban J connectivity index is 2.74. The molecule has 140 valence electrons. The first-order valence-corrected chi connectivity index (χ1v) is 9.78. The summed E-state index contributed by atoms with van der Waals surface area (Å²) < 4.78 is 24.7. The molecule has 1 N–H and O–H groups in total. The van der Waals surface area contributed by atoms with Crippen molar-refractivity contribution in [2.75, 3.05) is 12.4 Å². The number of hydrogen-bond donors (Lipinski definition) is 1. The van der Waals surface area contributed by atoms with Crippen LogP contribution in [0, 0.1) is 18.8 Å². The Labute approximate surface area is 152 Å². The molecule has 3 unspecified atom stereocenters. The van der Waals surface area contributed by atoms with Gasteiger partial charge in [-0.25, -0.2) is 4.21 Å². The van der Waals surface area contributed by atoms with Gasteiger partial charge < -0.3 is 9.29 Å². The largest absolute Gasteiger partial charge is 0.466 e. The summed E-state index contributed by atoms with van der Waals surface area (Å²) in [5, 5.41) is 0. The summed E-state index contributed by atoms with van der Waals surface area (Å²) in [4.78, 5) is 22.9. The normalized spacial score (nSPS) is 14.6. The fourth-order valence-corrected chi connectivity index (χ4v) is 3.35. The molecule has 0 heterocycles. The van der Waals surface area contributed by atoms with Crippen LogP contribution in [0.1, 0.15) is 43.9 Å². The summed E-state index contributed by atoms with van der Waals surface area (Å²) in [7, 11) is 0. The molecular weight excluding hydrogens is 340 g/mol. The molecule has 1 aromatic rings. The van der Waals surface area contributed by atoms with Crippen LogP contribution >= 0.6 is 0 Å². The summed E-state index contributed by atoms with van der Waals surface area (Å²) in [6, 6.07) is 6.00. The third-order valence-electron chi connectivity index (χ3n) is 4.50. The average molecular weight is 368 g/mol. The Morgan fingerprint density at radius 2 is 1.96 bits per heavy atom. The van der Waals surface area contributed by atoms with Crippen LogP contribution in [0.15, 0.2) is 18.2 Å². The van der Waals surface area contributed by atoms with Gasteiger partial charge in [-0.2, -0.15) is 0 Å². The zero-order valence-corrected chi connectivity index (χ0v) is 16.2. The van der Waals surface area contributed by atoms with Crippen molar-refractivity contribution in [1.29, 1.82) is 0 Å². The van der Waals surface area contributed by atoms with Gasteiger partial charge in [0.2, 0.25) is 0 Å². The number of aryl methyl sites for hydroxylation is 2. The molecule has 5 nitrogen and oxygen atoms in total. The van der Waals surface area contributed by atoms with Gasteiger partial charge in [-0.05, 0) is 55.7 Å². The van der Waals surface area contributed by atoms with Crippen LogP contribution in [0.25, 0.3) is 0 Å². The fraction of sp³-hybridized carbons (Fsp3) is 0.579. The second-order valence-corrected chi connectivity index (χ2v) is 7.61. The van der Waals surface area contributed by atoms with Crippen molar-refractivity contribution in [3.63, 3.8) is 0 Å². The van der Waals surface area contributed by atoms with Gasteiger partial charge in [0.05, 0.1) is 12.4 Å². The van der Waals surface area contributed by atoms with E-state index < -0.39 is 11.1 Å². The third kappa shape index (κ3) is 7.92. The van der Waals surface area contributed by atoms with E-state index in [1.807, 2.05) is 32.0 Å². The Kier molecular flexibility index (Phi) is 9.00. The van der Waals surface area contributed by atoms with Crippen LogP contribution in [0.5, 0.6) is 0 Å². The van der Waals surface area contributed by atoms with Gasteiger partial charge in [0.25, 0.3) is 0 Å². The lowest BCUT2D eigenvalue weighted by Crippen LogP contribution is -2.23. The van der Waals surface area contributed by atoms with E-state index in [1.54, 1.807) is 6.92 Å². The van der Waals surface area contributed by atoms with Crippen LogP contribution in [0.3, 0.4) is 0 Å². The first-order chi connectivity index (χ1) is 11.7. The summed E-state index contributed by atoms with van der Waals surface area (Å²) >= 11 is -1.79. The van der Waals surface area contributed by atoms with E-state index in [1.165, 1.54) is 6.92 Å². The minimum atomic E-state index is -1.79. The van der Waals surface area contributed by atoms with Crippen LogP contribution in [-0.4, -0.2) is 32.9 Å². The van der Waals surface area contributed by atoms with Gasteiger partial charge >= 0.3 is 5.97 Å². The number of rotatable bonds is 10. The highest BCUT2D eigenvalue weighted by Crippen LogP contribution is 2.23. The molecule has 0 aliphatic rings. The van der Waals surface area contributed by atoms with E-state index >= 15 is 0 Å². The van der Waals surface area contributed by atoms with E-state index in [9.17, 15) is 13.8 Å². The van der Waals surface area contributed by atoms with Crippen molar-refractivity contribution in [3.8, 4) is 0 Å². The van der Waals surface area contributed by atoms with Crippen LogP contribution < -0.4 is 0 Å². The highest BCUT2D eigenvalue weighted by molar-refractivity contribution is 7.79. The molecule has 0 aliphatic heterocycles. The van der Waals surface area contributed by atoms with Crippen molar-refractivity contribution in [3.05, 3.63) is 34.9 Å². The lowest BCUT2D eigenvalue weighted by Gasteiger charge is -2.22. The molecule has 0 saturated heterocycles. The summed E-state index contributed by atoms with van der Waals surface area (Å²) in [6.45, 7) is 7.30. The predicted octanol–water partition coefficient (Wildman–Crippen LogP) is 3.10. The topological polar surface area (TPSA) is 80.7 Å². The van der Waals surface area contributed by atoms with Gasteiger partial charge in [0.1, 0.15) is 5.78 Å². The van der Waals surface area contributed by atoms with Crippen molar-refractivity contribution in [1.82, 2.24) is 0 Å². The van der Waals surface area contributed by atoms with Crippen LogP contribution in [0.2, 0.25) is 0 Å². The molecule has 0 aromatic heterocycles. The Bertz CT molecular complexity index is 626. The summed E-state index contributed by atoms with van der Waals surface area (Å²) in [5.74, 6) is 0.0532. The molecule has 0 fully saturated rings. The highest BCUT2D eigenvalue weighted by atomic mass is 32.2. The maximum absolute atomic E-state index is 12.0. The van der Waals surface area contributed by atoms with Gasteiger partial charge in [-0.1, -0.05) is 25.1 Å². The minimum absolute atomic E-state index is 0.119. The first-order valence-electron chi connectivity index (χ1n) is 8.50.